The van der Waals surface area contributed by atoms with Gasteiger partial charge in [0, 0.05) is 19.5 Å². The Kier molecular flexibility index (Phi) is 4.72. The van der Waals surface area contributed by atoms with E-state index in [1.165, 1.54) is 5.56 Å². The molecule has 1 aliphatic heterocycles. The van der Waals surface area contributed by atoms with Crippen molar-refractivity contribution in [2.75, 3.05) is 13.1 Å². The molecule has 134 valence electrons. The highest BCUT2D eigenvalue weighted by molar-refractivity contribution is 5.77. The quantitative estimate of drug-likeness (QED) is 0.641. The van der Waals surface area contributed by atoms with Crippen molar-refractivity contribution in [2.24, 2.45) is 0 Å². The number of hydrogen-bond donors (Lipinski definition) is 0. The molecular weight excluding hydrogens is 330 g/mol. The van der Waals surface area contributed by atoms with Crippen molar-refractivity contribution < 1.29 is 4.79 Å². The van der Waals surface area contributed by atoms with Crippen molar-refractivity contribution in [3.8, 4) is 0 Å². The molecule has 3 heterocycles. The number of amides is 1. The summed E-state index contributed by atoms with van der Waals surface area (Å²) in [6.45, 7) is 1.90. The fraction of sp³-hybridized carbons (Fsp3) is 0.389. The topological polar surface area (TPSA) is 81.7 Å². The summed E-state index contributed by atoms with van der Waals surface area (Å²) < 4.78 is 1.84. The van der Waals surface area contributed by atoms with E-state index in [9.17, 15) is 4.79 Å². The lowest BCUT2D eigenvalue weighted by atomic mass is 10.1. The Morgan fingerprint density at radius 3 is 2.65 bits per heavy atom. The Morgan fingerprint density at radius 1 is 1.12 bits per heavy atom. The van der Waals surface area contributed by atoms with Crippen molar-refractivity contribution in [3.05, 3.63) is 60.2 Å². The van der Waals surface area contributed by atoms with E-state index < -0.39 is 0 Å². The van der Waals surface area contributed by atoms with E-state index in [-0.39, 0.29) is 11.9 Å². The third kappa shape index (κ3) is 3.79. The molecule has 26 heavy (non-hydrogen) atoms. The molecule has 1 amide bonds. The SMILES string of the molecule is O=C(CCCc1ccccc1)N1CC(n2cc(Cn3nccn3)nn2)C1. The number of nitrogens with zero attached hydrogens (tertiary/aromatic N) is 7. The van der Waals surface area contributed by atoms with Crippen LogP contribution in [0.4, 0.5) is 0 Å². The van der Waals surface area contributed by atoms with Gasteiger partial charge in [-0.2, -0.15) is 15.0 Å². The molecule has 1 aliphatic rings. The Labute approximate surface area is 151 Å². The monoisotopic (exact) mass is 351 g/mol. The molecule has 2 aromatic heterocycles. The normalized spacial score (nSPS) is 14.4. The Morgan fingerprint density at radius 2 is 1.88 bits per heavy atom. The predicted octanol–water partition coefficient (Wildman–Crippen LogP) is 1.32. The van der Waals surface area contributed by atoms with Crippen molar-refractivity contribution in [1.82, 2.24) is 34.9 Å². The van der Waals surface area contributed by atoms with Crippen LogP contribution in [0, 0.1) is 0 Å². The highest BCUT2D eigenvalue weighted by Crippen LogP contribution is 2.21. The highest BCUT2D eigenvalue weighted by atomic mass is 16.2. The highest BCUT2D eigenvalue weighted by Gasteiger charge is 2.32. The van der Waals surface area contributed by atoms with Crippen LogP contribution in [0.1, 0.15) is 30.1 Å². The molecule has 3 aromatic rings. The number of hydrogen-bond acceptors (Lipinski definition) is 5. The van der Waals surface area contributed by atoms with Gasteiger partial charge in [-0.1, -0.05) is 35.5 Å². The number of rotatable bonds is 7. The molecule has 0 spiro atoms. The minimum Gasteiger partial charge on any atom is -0.338 e. The third-order valence-electron chi connectivity index (χ3n) is 4.62. The number of carbonyl (C=O) groups excluding carboxylic acids is 1. The molecule has 8 nitrogen and oxygen atoms in total. The van der Waals surface area contributed by atoms with E-state index in [1.54, 1.807) is 17.2 Å². The van der Waals surface area contributed by atoms with Gasteiger partial charge in [0.2, 0.25) is 5.91 Å². The van der Waals surface area contributed by atoms with Crippen molar-refractivity contribution >= 4 is 5.91 Å². The minimum atomic E-state index is 0.208. The molecule has 1 saturated heterocycles. The summed E-state index contributed by atoms with van der Waals surface area (Å²) in [7, 11) is 0. The number of aromatic nitrogens is 6. The zero-order chi connectivity index (χ0) is 17.8. The van der Waals surface area contributed by atoms with E-state index in [2.05, 4.69) is 32.6 Å². The average Bonchev–Trinajstić information content (AvgIpc) is 3.27. The van der Waals surface area contributed by atoms with Gasteiger partial charge >= 0.3 is 0 Å². The van der Waals surface area contributed by atoms with Crippen LogP contribution >= 0.6 is 0 Å². The van der Waals surface area contributed by atoms with Crippen LogP contribution in [0.25, 0.3) is 0 Å². The van der Waals surface area contributed by atoms with Gasteiger partial charge < -0.3 is 4.90 Å². The van der Waals surface area contributed by atoms with Gasteiger partial charge in [0.25, 0.3) is 0 Å². The first kappa shape index (κ1) is 16.4. The Balaban J connectivity index is 1.21. The summed E-state index contributed by atoms with van der Waals surface area (Å²) in [4.78, 5) is 15.7. The molecule has 0 N–H and O–H groups in total. The molecule has 0 bridgehead atoms. The second kappa shape index (κ2) is 7.47. The van der Waals surface area contributed by atoms with Crippen molar-refractivity contribution in [2.45, 2.75) is 31.8 Å². The summed E-state index contributed by atoms with van der Waals surface area (Å²) in [6, 6.07) is 10.5. The molecule has 8 heteroatoms. The third-order valence-corrected chi connectivity index (χ3v) is 4.62. The molecule has 0 aliphatic carbocycles. The molecule has 1 aromatic carbocycles. The first-order valence-corrected chi connectivity index (χ1v) is 8.84. The molecule has 0 atom stereocenters. The first-order valence-electron chi connectivity index (χ1n) is 8.84. The molecule has 0 radical (unpaired) electrons. The predicted molar refractivity (Wildman–Crippen MR) is 94.1 cm³/mol. The average molecular weight is 351 g/mol. The van der Waals surface area contributed by atoms with Gasteiger partial charge in [-0.15, -0.1) is 5.10 Å². The lowest BCUT2D eigenvalue weighted by molar-refractivity contribution is -0.137. The molecule has 0 unspecified atom stereocenters. The standard InChI is InChI=1S/C18H21N7O/c26-18(8-4-7-15-5-2-1-3-6-15)23-13-17(14-23)24-11-16(21-22-24)12-25-19-9-10-20-25/h1-3,5-6,9-11,17H,4,7-8,12-14H2. The van der Waals surface area contributed by atoms with Gasteiger partial charge in [-0.05, 0) is 18.4 Å². The summed E-state index contributed by atoms with van der Waals surface area (Å²) >= 11 is 0. The minimum absolute atomic E-state index is 0.208. The number of benzene rings is 1. The Hall–Kier alpha value is -3.03. The van der Waals surface area contributed by atoms with Gasteiger partial charge in [-0.25, -0.2) is 4.68 Å². The van der Waals surface area contributed by atoms with E-state index in [4.69, 9.17) is 0 Å². The van der Waals surface area contributed by atoms with E-state index >= 15 is 0 Å². The lowest BCUT2D eigenvalue weighted by Gasteiger charge is -2.39. The van der Waals surface area contributed by atoms with Crippen LogP contribution in [0.15, 0.2) is 48.9 Å². The summed E-state index contributed by atoms with van der Waals surface area (Å²) in [5.41, 5.74) is 2.09. The maximum atomic E-state index is 12.3. The summed E-state index contributed by atoms with van der Waals surface area (Å²) in [5.74, 6) is 0.221. The fourth-order valence-electron chi connectivity index (χ4n) is 3.11. The number of carbonyl (C=O) groups is 1. The smallest absolute Gasteiger partial charge is 0.222 e. The van der Waals surface area contributed by atoms with Gasteiger partial charge in [0.1, 0.15) is 12.2 Å². The van der Waals surface area contributed by atoms with Crippen LogP contribution < -0.4 is 0 Å². The van der Waals surface area contributed by atoms with Crippen molar-refractivity contribution in [1.29, 1.82) is 0 Å². The van der Waals surface area contributed by atoms with Crippen LogP contribution in [0.2, 0.25) is 0 Å². The second-order valence-electron chi connectivity index (χ2n) is 6.54. The summed E-state index contributed by atoms with van der Waals surface area (Å²) in [6.07, 6.45) is 7.60. The Bertz CT molecular complexity index is 838. The van der Waals surface area contributed by atoms with Crippen LogP contribution in [0.5, 0.6) is 0 Å². The van der Waals surface area contributed by atoms with Crippen molar-refractivity contribution in [3.63, 3.8) is 0 Å². The maximum absolute atomic E-state index is 12.3. The maximum Gasteiger partial charge on any atom is 0.222 e. The van der Waals surface area contributed by atoms with E-state index in [1.807, 2.05) is 34.0 Å². The largest absolute Gasteiger partial charge is 0.338 e. The van der Waals surface area contributed by atoms with E-state index in [0.29, 0.717) is 26.1 Å². The zero-order valence-electron chi connectivity index (χ0n) is 14.5. The van der Waals surface area contributed by atoms with Gasteiger partial charge in [0.15, 0.2) is 0 Å². The van der Waals surface area contributed by atoms with Crippen LogP contribution in [-0.2, 0) is 17.8 Å². The van der Waals surface area contributed by atoms with Gasteiger partial charge in [-0.3, -0.25) is 4.79 Å². The molecule has 4 rings (SSSR count). The van der Waals surface area contributed by atoms with E-state index in [0.717, 1.165) is 18.5 Å². The number of aryl methyl sites for hydroxylation is 1. The fourth-order valence-corrected chi connectivity index (χ4v) is 3.11. The van der Waals surface area contributed by atoms with Crippen LogP contribution in [0.3, 0.4) is 0 Å². The number of likely N-dealkylation sites (tertiary alicyclic amines) is 1. The molecule has 0 saturated carbocycles. The molecular formula is C18H21N7O. The molecule has 1 fully saturated rings. The van der Waals surface area contributed by atoms with Crippen LogP contribution in [-0.4, -0.2) is 53.9 Å². The first-order chi connectivity index (χ1) is 12.8. The summed E-state index contributed by atoms with van der Waals surface area (Å²) in [5, 5.41) is 16.5. The lowest BCUT2D eigenvalue weighted by Crippen LogP contribution is -2.50. The zero-order valence-corrected chi connectivity index (χ0v) is 14.5. The second-order valence-corrected chi connectivity index (χ2v) is 6.54. The van der Waals surface area contributed by atoms with Gasteiger partial charge in [0.05, 0.1) is 24.6 Å².